The highest BCUT2D eigenvalue weighted by molar-refractivity contribution is 6.03. The maximum absolute atomic E-state index is 14.6. The Morgan fingerprint density at radius 3 is 2.52 bits per heavy atom. The van der Waals surface area contributed by atoms with Crippen molar-refractivity contribution >= 4 is 17.7 Å². The standard InChI is InChI=1S/C31H33F3N4O4/c1-17-18-7-6-14-38(30(40)42-31(2,3)4)25(18)15-26(41-17)19-12-13-35-16-24(19)37-29(39)23-11-10-22(34)28(36-23)27-20(32)8-5-9-21(27)33/h5,8-13,16-18,25-26H,6-7,14-15H2,1-4H3,(H,37,39). The van der Waals surface area contributed by atoms with E-state index in [1.165, 1.54) is 6.20 Å². The van der Waals surface area contributed by atoms with Crippen LogP contribution < -0.4 is 5.32 Å². The van der Waals surface area contributed by atoms with Crippen LogP contribution in [-0.4, -0.2) is 51.2 Å². The SMILES string of the molecule is CC1OC(c2ccncc2NC(=O)c2ccc(F)c(-c3c(F)cccc3F)n2)CC2C1CCCN2C(=O)OC(C)(C)C. The van der Waals surface area contributed by atoms with Crippen LogP contribution in [0.4, 0.5) is 23.7 Å². The number of amides is 2. The predicted octanol–water partition coefficient (Wildman–Crippen LogP) is 6.68. The molecule has 1 N–H and O–H groups in total. The number of anilines is 1. The number of ether oxygens (including phenoxy) is 2. The smallest absolute Gasteiger partial charge is 0.410 e. The highest BCUT2D eigenvalue weighted by atomic mass is 19.1. The van der Waals surface area contributed by atoms with Crippen LogP contribution in [-0.2, 0) is 9.47 Å². The number of hydrogen-bond donors (Lipinski definition) is 1. The zero-order chi connectivity index (χ0) is 30.2. The molecule has 2 aliphatic heterocycles. The molecule has 2 amide bonds. The predicted molar refractivity (Wildman–Crippen MR) is 149 cm³/mol. The summed E-state index contributed by atoms with van der Waals surface area (Å²) in [5.41, 5.74) is -1.17. The second kappa shape index (κ2) is 11.7. The number of aromatic nitrogens is 2. The van der Waals surface area contributed by atoms with E-state index in [1.807, 2.05) is 27.7 Å². The molecular weight excluding hydrogens is 549 g/mol. The number of nitrogens with one attached hydrogen (secondary N) is 1. The first-order valence-corrected chi connectivity index (χ1v) is 13.9. The zero-order valence-electron chi connectivity index (χ0n) is 23.9. The third-order valence-corrected chi connectivity index (χ3v) is 7.62. The van der Waals surface area contributed by atoms with Gasteiger partial charge >= 0.3 is 6.09 Å². The molecule has 3 aromatic rings. The van der Waals surface area contributed by atoms with Crippen LogP contribution in [0.15, 0.2) is 48.8 Å². The van der Waals surface area contributed by atoms with Gasteiger partial charge in [-0.3, -0.25) is 9.78 Å². The van der Waals surface area contributed by atoms with Crippen molar-refractivity contribution in [2.24, 2.45) is 5.92 Å². The number of likely N-dealkylation sites (tertiary alicyclic amines) is 1. The van der Waals surface area contributed by atoms with Gasteiger partial charge in [-0.25, -0.2) is 22.9 Å². The van der Waals surface area contributed by atoms with Crippen molar-refractivity contribution in [2.75, 3.05) is 11.9 Å². The summed E-state index contributed by atoms with van der Waals surface area (Å²) in [6.07, 6.45) is 4.26. The number of rotatable bonds is 4. The van der Waals surface area contributed by atoms with Crippen molar-refractivity contribution in [3.05, 3.63) is 77.5 Å². The molecule has 0 saturated carbocycles. The fourth-order valence-corrected chi connectivity index (χ4v) is 5.76. The molecule has 11 heteroatoms. The lowest BCUT2D eigenvalue weighted by atomic mass is 9.79. The average molecular weight is 583 g/mol. The molecule has 42 heavy (non-hydrogen) atoms. The van der Waals surface area contributed by atoms with Gasteiger partial charge in [-0.2, -0.15) is 0 Å². The van der Waals surface area contributed by atoms with Gasteiger partial charge < -0.3 is 19.7 Å². The summed E-state index contributed by atoms with van der Waals surface area (Å²) < 4.78 is 55.4. The summed E-state index contributed by atoms with van der Waals surface area (Å²) in [7, 11) is 0. The first kappa shape index (κ1) is 29.5. The van der Waals surface area contributed by atoms with Gasteiger partial charge in [0.1, 0.15) is 34.4 Å². The normalized spacial score (nSPS) is 22.3. The van der Waals surface area contributed by atoms with Crippen LogP contribution >= 0.6 is 0 Å². The highest BCUT2D eigenvalue weighted by Gasteiger charge is 2.45. The molecule has 222 valence electrons. The van der Waals surface area contributed by atoms with Crippen molar-refractivity contribution < 1.29 is 32.2 Å². The Morgan fingerprint density at radius 2 is 1.81 bits per heavy atom. The first-order chi connectivity index (χ1) is 19.9. The number of halogens is 3. The summed E-state index contributed by atoms with van der Waals surface area (Å²) in [6.45, 7) is 8.06. The topological polar surface area (TPSA) is 93.6 Å². The highest BCUT2D eigenvalue weighted by Crippen LogP contribution is 2.43. The Bertz CT molecular complexity index is 1470. The molecular formula is C31H33F3N4O4. The molecule has 4 atom stereocenters. The van der Waals surface area contributed by atoms with Crippen molar-refractivity contribution in [1.82, 2.24) is 14.9 Å². The fraction of sp³-hybridized carbons (Fsp3) is 0.419. The van der Waals surface area contributed by atoms with E-state index in [-0.39, 0.29) is 29.9 Å². The zero-order valence-corrected chi connectivity index (χ0v) is 23.9. The molecule has 0 spiro atoms. The van der Waals surface area contributed by atoms with E-state index in [1.54, 1.807) is 17.2 Å². The molecule has 5 rings (SSSR count). The summed E-state index contributed by atoms with van der Waals surface area (Å²) in [5.74, 6) is -3.57. The van der Waals surface area contributed by atoms with Crippen LogP contribution in [0.3, 0.4) is 0 Å². The van der Waals surface area contributed by atoms with Gasteiger partial charge in [0.15, 0.2) is 0 Å². The lowest BCUT2D eigenvalue weighted by Gasteiger charge is -2.49. The van der Waals surface area contributed by atoms with Crippen LogP contribution in [0.2, 0.25) is 0 Å². The Labute approximate surface area is 242 Å². The number of fused-ring (bicyclic) bond motifs is 1. The van der Waals surface area contributed by atoms with Crippen LogP contribution in [0.1, 0.15) is 69.1 Å². The number of hydrogen-bond acceptors (Lipinski definition) is 6. The van der Waals surface area contributed by atoms with Crippen LogP contribution in [0.5, 0.6) is 0 Å². The number of pyridine rings is 2. The van der Waals surface area contributed by atoms with Gasteiger partial charge in [0.2, 0.25) is 0 Å². The minimum Gasteiger partial charge on any atom is -0.444 e. The van der Waals surface area contributed by atoms with Crippen LogP contribution in [0.25, 0.3) is 11.3 Å². The lowest BCUT2D eigenvalue weighted by molar-refractivity contribution is -0.126. The summed E-state index contributed by atoms with van der Waals surface area (Å²) in [5, 5.41) is 2.74. The maximum Gasteiger partial charge on any atom is 0.410 e. The number of carbonyl (C=O) groups is 2. The largest absolute Gasteiger partial charge is 0.444 e. The van der Waals surface area contributed by atoms with Gasteiger partial charge in [0, 0.05) is 30.3 Å². The van der Waals surface area contributed by atoms with E-state index in [9.17, 15) is 22.8 Å². The van der Waals surface area contributed by atoms with E-state index in [2.05, 4.69) is 15.3 Å². The minimum absolute atomic E-state index is 0.128. The van der Waals surface area contributed by atoms with Crippen molar-refractivity contribution in [3.8, 4) is 11.3 Å². The minimum atomic E-state index is -1.00. The molecule has 4 heterocycles. The van der Waals surface area contributed by atoms with E-state index in [0.29, 0.717) is 24.2 Å². The lowest BCUT2D eigenvalue weighted by Crippen LogP contribution is -2.55. The first-order valence-electron chi connectivity index (χ1n) is 13.9. The quantitative estimate of drug-likeness (QED) is 0.369. The van der Waals surface area contributed by atoms with E-state index in [4.69, 9.17) is 9.47 Å². The van der Waals surface area contributed by atoms with Crippen molar-refractivity contribution in [2.45, 2.75) is 70.8 Å². The monoisotopic (exact) mass is 582 g/mol. The molecule has 0 aliphatic carbocycles. The van der Waals surface area contributed by atoms with Gasteiger partial charge in [0.05, 0.1) is 29.7 Å². The Morgan fingerprint density at radius 1 is 1.07 bits per heavy atom. The second-order valence-corrected chi connectivity index (χ2v) is 11.7. The number of carbonyl (C=O) groups excluding carboxylic acids is 2. The number of benzene rings is 1. The molecule has 4 unspecified atom stereocenters. The van der Waals surface area contributed by atoms with E-state index in [0.717, 1.165) is 43.2 Å². The van der Waals surface area contributed by atoms with Gasteiger partial charge in [-0.1, -0.05) is 6.07 Å². The Hall–Kier alpha value is -3.99. The van der Waals surface area contributed by atoms with E-state index >= 15 is 0 Å². The molecule has 8 nitrogen and oxygen atoms in total. The van der Waals surface area contributed by atoms with Gasteiger partial charge in [-0.15, -0.1) is 0 Å². The molecule has 1 aromatic carbocycles. The molecule has 2 aromatic heterocycles. The fourth-order valence-electron chi connectivity index (χ4n) is 5.76. The summed E-state index contributed by atoms with van der Waals surface area (Å²) >= 11 is 0. The molecule has 2 fully saturated rings. The average Bonchev–Trinajstić information content (AvgIpc) is 2.93. The second-order valence-electron chi connectivity index (χ2n) is 11.7. The summed E-state index contributed by atoms with van der Waals surface area (Å²) in [4.78, 5) is 36.2. The third kappa shape index (κ3) is 6.11. The van der Waals surface area contributed by atoms with E-state index < -0.39 is 46.3 Å². The Balaban J connectivity index is 1.40. The molecule has 2 aliphatic rings. The van der Waals surface area contributed by atoms with Crippen molar-refractivity contribution in [1.29, 1.82) is 0 Å². The molecule has 2 saturated heterocycles. The summed E-state index contributed by atoms with van der Waals surface area (Å²) in [6, 6.07) is 6.80. The number of piperidine rings is 1. The Kier molecular flexibility index (Phi) is 8.23. The van der Waals surface area contributed by atoms with Crippen LogP contribution in [0, 0.1) is 23.4 Å². The van der Waals surface area contributed by atoms with Crippen molar-refractivity contribution in [3.63, 3.8) is 0 Å². The van der Waals surface area contributed by atoms with Gasteiger partial charge in [-0.05, 0) is 77.3 Å². The van der Waals surface area contributed by atoms with Gasteiger partial charge in [0.25, 0.3) is 5.91 Å². The maximum atomic E-state index is 14.6. The third-order valence-electron chi connectivity index (χ3n) is 7.62. The molecule has 0 radical (unpaired) electrons. The number of nitrogens with zero attached hydrogens (tertiary/aromatic N) is 3. The molecule has 0 bridgehead atoms.